The highest BCUT2D eigenvalue weighted by Gasteiger charge is 2.61. The lowest BCUT2D eigenvalue weighted by Gasteiger charge is -2.47. The van der Waals surface area contributed by atoms with E-state index >= 15 is 0 Å². The summed E-state index contributed by atoms with van der Waals surface area (Å²) in [6.07, 6.45) is -2.32. The summed E-state index contributed by atoms with van der Waals surface area (Å²) in [6.45, 7) is 6.05. The molecule has 32 heavy (non-hydrogen) atoms. The van der Waals surface area contributed by atoms with Gasteiger partial charge in [-0.05, 0) is 19.4 Å². The van der Waals surface area contributed by atoms with E-state index in [2.05, 4.69) is 0 Å². The van der Waals surface area contributed by atoms with Gasteiger partial charge in [0.25, 0.3) is 0 Å². The first-order valence-electron chi connectivity index (χ1n) is 11.0. The molecule has 3 fully saturated rings. The first-order chi connectivity index (χ1) is 15.4. The molecule has 1 unspecified atom stereocenters. The molecule has 0 bridgehead atoms. The van der Waals surface area contributed by atoms with Crippen LogP contribution in [0.4, 0.5) is 0 Å². The number of carbonyl (C=O) groups excluding carboxylic acids is 1. The van der Waals surface area contributed by atoms with Gasteiger partial charge in [0.05, 0.1) is 13.2 Å². The minimum absolute atomic E-state index is 0.0930. The molecule has 0 aliphatic carbocycles. The van der Waals surface area contributed by atoms with E-state index in [0.29, 0.717) is 13.2 Å². The molecule has 3 saturated heterocycles. The maximum absolute atomic E-state index is 12.7. The summed E-state index contributed by atoms with van der Waals surface area (Å²) >= 11 is 0. The van der Waals surface area contributed by atoms with Gasteiger partial charge in [0.15, 0.2) is 12.6 Å². The number of nitrogens with zero attached hydrogens (tertiary/aromatic N) is 1. The standard InChI is InChI=1S/C25H29NO6/c1-16(27)26-20-22(32-25(26,2)3)21-19(15-29-23(31-21)18-12-8-5-9-13-18)30-24(20)28-14-17-10-6-4-7-11-17/h4-13,19-24H,14-15H2,1-3H3/t19-,20-,21-,22+,23?,24-/m1/s1. The minimum Gasteiger partial charge on any atom is -0.348 e. The lowest BCUT2D eigenvalue weighted by atomic mass is 9.95. The second kappa shape index (κ2) is 8.57. The van der Waals surface area contributed by atoms with Crippen molar-refractivity contribution in [3.05, 3.63) is 71.8 Å². The highest BCUT2D eigenvalue weighted by molar-refractivity contribution is 5.75. The van der Waals surface area contributed by atoms with Crippen LogP contribution in [0.3, 0.4) is 0 Å². The van der Waals surface area contributed by atoms with Crippen molar-refractivity contribution in [2.45, 2.75) is 70.0 Å². The molecule has 0 saturated carbocycles. The van der Waals surface area contributed by atoms with E-state index < -0.39 is 30.5 Å². The Bertz CT molecular complexity index is 936. The number of carbonyl (C=O) groups is 1. The highest BCUT2D eigenvalue weighted by atomic mass is 16.8. The summed E-state index contributed by atoms with van der Waals surface area (Å²) in [4.78, 5) is 14.4. The van der Waals surface area contributed by atoms with Crippen LogP contribution in [0.1, 0.15) is 38.2 Å². The second-order valence-electron chi connectivity index (χ2n) is 8.92. The number of ether oxygens (including phenoxy) is 5. The molecule has 0 N–H and O–H groups in total. The van der Waals surface area contributed by atoms with Crippen molar-refractivity contribution in [1.82, 2.24) is 4.90 Å². The monoisotopic (exact) mass is 439 g/mol. The first kappa shape index (κ1) is 21.6. The number of fused-ring (bicyclic) bond motifs is 3. The van der Waals surface area contributed by atoms with Crippen LogP contribution in [0.5, 0.6) is 0 Å². The van der Waals surface area contributed by atoms with Gasteiger partial charge in [-0.25, -0.2) is 0 Å². The predicted octanol–water partition coefficient (Wildman–Crippen LogP) is 3.39. The minimum atomic E-state index is -0.808. The molecular weight excluding hydrogens is 410 g/mol. The zero-order valence-electron chi connectivity index (χ0n) is 18.5. The van der Waals surface area contributed by atoms with E-state index in [-0.39, 0.29) is 18.1 Å². The molecule has 3 aliphatic heterocycles. The van der Waals surface area contributed by atoms with Crippen LogP contribution in [-0.2, 0) is 35.1 Å². The van der Waals surface area contributed by atoms with Crippen LogP contribution in [0.15, 0.2) is 60.7 Å². The Morgan fingerprint density at radius 1 is 1.03 bits per heavy atom. The van der Waals surface area contributed by atoms with Crippen LogP contribution < -0.4 is 0 Å². The molecule has 0 spiro atoms. The summed E-state index contributed by atoms with van der Waals surface area (Å²) < 4.78 is 31.3. The Morgan fingerprint density at radius 3 is 2.41 bits per heavy atom. The van der Waals surface area contributed by atoms with Crippen LogP contribution in [-0.4, -0.2) is 53.8 Å². The quantitative estimate of drug-likeness (QED) is 0.728. The number of amides is 1. The van der Waals surface area contributed by atoms with Crippen molar-refractivity contribution in [3.63, 3.8) is 0 Å². The fourth-order valence-electron chi connectivity index (χ4n) is 4.97. The number of benzene rings is 2. The van der Waals surface area contributed by atoms with Gasteiger partial charge in [0.2, 0.25) is 5.91 Å². The van der Waals surface area contributed by atoms with Crippen LogP contribution >= 0.6 is 0 Å². The average Bonchev–Trinajstić information content (AvgIpc) is 3.10. The maximum atomic E-state index is 12.7. The molecule has 3 aliphatic rings. The van der Waals surface area contributed by atoms with Crippen LogP contribution in [0, 0.1) is 0 Å². The Hall–Kier alpha value is -2.29. The highest BCUT2D eigenvalue weighted by Crippen LogP contribution is 2.44. The molecule has 6 atom stereocenters. The van der Waals surface area contributed by atoms with Gasteiger partial charge in [-0.1, -0.05) is 60.7 Å². The molecule has 0 radical (unpaired) electrons. The van der Waals surface area contributed by atoms with Gasteiger partial charge >= 0.3 is 0 Å². The van der Waals surface area contributed by atoms with E-state index in [1.807, 2.05) is 74.5 Å². The molecular formula is C25H29NO6. The normalized spacial score (nSPS) is 33.4. The fraction of sp³-hybridized carbons (Fsp3) is 0.480. The topological polar surface area (TPSA) is 66.5 Å². The van der Waals surface area contributed by atoms with E-state index in [1.165, 1.54) is 0 Å². The van der Waals surface area contributed by atoms with E-state index in [9.17, 15) is 4.79 Å². The van der Waals surface area contributed by atoms with Crippen molar-refractivity contribution in [2.75, 3.05) is 6.61 Å². The number of hydrogen-bond donors (Lipinski definition) is 0. The third kappa shape index (κ3) is 3.95. The van der Waals surface area contributed by atoms with Crippen molar-refractivity contribution in [2.24, 2.45) is 0 Å². The maximum Gasteiger partial charge on any atom is 0.222 e. The van der Waals surface area contributed by atoms with E-state index in [4.69, 9.17) is 23.7 Å². The molecule has 3 heterocycles. The number of hydrogen-bond acceptors (Lipinski definition) is 6. The lowest BCUT2D eigenvalue weighted by Crippen LogP contribution is -2.64. The SMILES string of the molecule is CC(=O)N1[C@H]2[C@H](OCc3ccccc3)O[C@@H]3COC(c4ccccc4)O[C@H]3[C@H]2OC1(C)C. The summed E-state index contributed by atoms with van der Waals surface area (Å²) in [5.41, 5.74) is 1.16. The molecule has 7 heteroatoms. The largest absolute Gasteiger partial charge is 0.348 e. The van der Waals surface area contributed by atoms with E-state index in [1.54, 1.807) is 11.8 Å². The molecule has 2 aromatic carbocycles. The third-order valence-electron chi connectivity index (χ3n) is 6.28. The summed E-state index contributed by atoms with van der Waals surface area (Å²) in [6, 6.07) is 19.3. The first-order valence-corrected chi connectivity index (χ1v) is 11.0. The van der Waals surface area contributed by atoms with E-state index in [0.717, 1.165) is 11.1 Å². The Kier molecular flexibility index (Phi) is 5.77. The Labute approximate surface area is 188 Å². The third-order valence-corrected chi connectivity index (χ3v) is 6.28. The van der Waals surface area contributed by atoms with Gasteiger partial charge in [0.1, 0.15) is 30.1 Å². The Morgan fingerprint density at radius 2 is 1.72 bits per heavy atom. The number of rotatable bonds is 4. The van der Waals surface area contributed by atoms with Gasteiger partial charge < -0.3 is 28.6 Å². The van der Waals surface area contributed by atoms with Crippen molar-refractivity contribution in [1.29, 1.82) is 0 Å². The van der Waals surface area contributed by atoms with Crippen molar-refractivity contribution >= 4 is 5.91 Å². The van der Waals surface area contributed by atoms with Gasteiger partial charge in [-0.2, -0.15) is 0 Å². The Balaban J connectivity index is 1.41. The smallest absolute Gasteiger partial charge is 0.222 e. The van der Waals surface area contributed by atoms with Gasteiger partial charge in [-0.3, -0.25) is 4.79 Å². The molecule has 5 rings (SSSR count). The fourth-order valence-corrected chi connectivity index (χ4v) is 4.97. The average molecular weight is 440 g/mol. The predicted molar refractivity (Wildman–Crippen MR) is 115 cm³/mol. The van der Waals surface area contributed by atoms with Crippen molar-refractivity contribution < 1.29 is 28.5 Å². The molecule has 0 aromatic heterocycles. The van der Waals surface area contributed by atoms with Crippen LogP contribution in [0.2, 0.25) is 0 Å². The molecule has 7 nitrogen and oxygen atoms in total. The summed E-state index contributed by atoms with van der Waals surface area (Å²) in [7, 11) is 0. The summed E-state index contributed by atoms with van der Waals surface area (Å²) in [5, 5.41) is 0. The summed E-state index contributed by atoms with van der Waals surface area (Å²) in [5.74, 6) is -0.0930. The van der Waals surface area contributed by atoms with Crippen molar-refractivity contribution in [3.8, 4) is 0 Å². The zero-order valence-corrected chi connectivity index (χ0v) is 18.5. The van der Waals surface area contributed by atoms with Gasteiger partial charge in [-0.15, -0.1) is 0 Å². The molecule has 2 aromatic rings. The molecule has 1 amide bonds. The lowest BCUT2D eigenvalue weighted by molar-refractivity contribution is -0.343. The zero-order chi connectivity index (χ0) is 22.3. The van der Waals surface area contributed by atoms with Gasteiger partial charge in [0, 0.05) is 12.5 Å². The second-order valence-corrected chi connectivity index (χ2v) is 8.92. The van der Waals surface area contributed by atoms with Crippen LogP contribution in [0.25, 0.3) is 0 Å². The molecule has 170 valence electrons.